The number of ether oxygens (including phenoxy) is 2. The lowest BCUT2D eigenvalue weighted by Crippen LogP contribution is -2.29. The topological polar surface area (TPSA) is 69.5 Å². The first-order chi connectivity index (χ1) is 19.1. The maximum absolute atomic E-state index is 12.7. The predicted molar refractivity (Wildman–Crippen MR) is 155 cm³/mol. The second-order valence-electron chi connectivity index (χ2n) is 9.31. The Balaban J connectivity index is 1.38. The van der Waals surface area contributed by atoms with Gasteiger partial charge >= 0.3 is 5.97 Å². The van der Waals surface area contributed by atoms with Crippen LogP contribution in [0.25, 0.3) is 11.1 Å². The van der Waals surface area contributed by atoms with Crippen molar-refractivity contribution in [2.24, 2.45) is 0 Å². The molecule has 0 N–H and O–H groups in total. The lowest BCUT2D eigenvalue weighted by molar-refractivity contribution is 0.0515. The minimum absolute atomic E-state index is 0.184. The summed E-state index contributed by atoms with van der Waals surface area (Å²) in [4.78, 5) is 16.0. The SMILES string of the molecule is CCOC(=O)c1nnn(Cc2ccc(OC)cc2)c1Sc1ccc(-c2ccc(N3CCCCC3)cc2)c(Cl)c1. The molecule has 0 atom stereocenters. The van der Waals surface area contributed by atoms with Gasteiger partial charge in [0, 0.05) is 34.3 Å². The number of carbonyl (C=O) groups excluding carboxylic acids is 1. The number of benzene rings is 3. The number of rotatable bonds is 9. The summed E-state index contributed by atoms with van der Waals surface area (Å²) in [6.07, 6.45) is 3.81. The summed E-state index contributed by atoms with van der Waals surface area (Å²) in [6, 6.07) is 22.2. The summed E-state index contributed by atoms with van der Waals surface area (Å²) in [5, 5.41) is 9.65. The molecule has 1 aromatic heterocycles. The Labute approximate surface area is 238 Å². The molecule has 7 nitrogen and oxygen atoms in total. The van der Waals surface area contributed by atoms with E-state index in [0.29, 0.717) is 16.6 Å². The highest BCUT2D eigenvalue weighted by molar-refractivity contribution is 7.99. The van der Waals surface area contributed by atoms with Gasteiger partial charge in [-0.2, -0.15) is 0 Å². The van der Waals surface area contributed by atoms with E-state index < -0.39 is 5.97 Å². The van der Waals surface area contributed by atoms with Crippen LogP contribution in [0.2, 0.25) is 5.02 Å². The van der Waals surface area contributed by atoms with Crippen LogP contribution >= 0.6 is 23.4 Å². The molecular weight excluding hydrogens is 532 g/mol. The summed E-state index contributed by atoms with van der Waals surface area (Å²) in [6.45, 7) is 4.69. The largest absolute Gasteiger partial charge is 0.497 e. The minimum atomic E-state index is -0.502. The number of methoxy groups -OCH3 is 1. The Morgan fingerprint density at radius 1 is 1.00 bits per heavy atom. The van der Waals surface area contributed by atoms with Crippen molar-refractivity contribution in [2.75, 3.05) is 31.7 Å². The number of carbonyl (C=O) groups is 1. The lowest BCUT2D eigenvalue weighted by Gasteiger charge is -2.28. The average Bonchev–Trinajstić information content (AvgIpc) is 3.36. The van der Waals surface area contributed by atoms with E-state index in [9.17, 15) is 4.79 Å². The van der Waals surface area contributed by atoms with E-state index in [-0.39, 0.29) is 12.3 Å². The number of hydrogen-bond donors (Lipinski definition) is 0. The van der Waals surface area contributed by atoms with Crippen LogP contribution in [0.15, 0.2) is 76.7 Å². The van der Waals surface area contributed by atoms with Crippen molar-refractivity contribution in [3.63, 3.8) is 0 Å². The summed E-state index contributed by atoms with van der Waals surface area (Å²) < 4.78 is 12.2. The van der Waals surface area contributed by atoms with Gasteiger partial charge in [-0.15, -0.1) is 5.10 Å². The Hall–Kier alpha value is -3.49. The number of piperidine rings is 1. The molecule has 1 fully saturated rings. The molecule has 1 saturated heterocycles. The normalized spacial score (nSPS) is 13.4. The third-order valence-corrected chi connectivity index (χ3v) is 8.10. The van der Waals surface area contributed by atoms with E-state index >= 15 is 0 Å². The standard InChI is InChI=1S/C30H31ClN4O3S/c1-3-38-30(36)28-29(35(33-32-28)20-21-7-13-24(37-2)14-8-21)39-25-15-16-26(27(31)19-25)22-9-11-23(12-10-22)34-17-5-4-6-18-34/h7-16,19H,3-6,17-18,20H2,1-2H3. The number of esters is 1. The molecule has 0 amide bonds. The van der Waals surface area contributed by atoms with Crippen molar-refractivity contribution in [3.8, 4) is 16.9 Å². The molecular formula is C30H31ClN4O3S. The van der Waals surface area contributed by atoms with Crippen LogP contribution in [0.4, 0.5) is 5.69 Å². The zero-order chi connectivity index (χ0) is 27.2. The third-order valence-electron chi connectivity index (χ3n) is 6.70. The molecule has 202 valence electrons. The molecule has 0 spiro atoms. The predicted octanol–water partition coefficient (Wildman–Crippen LogP) is 6.97. The maximum atomic E-state index is 12.7. The lowest BCUT2D eigenvalue weighted by atomic mass is 10.0. The van der Waals surface area contributed by atoms with Crippen LogP contribution in [0, 0.1) is 0 Å². The van der Waals surface area contributed by atoms with Crippen LogP contribution in [0.5, 0.6) is 5.75 Å². The van der Waals surface area contributed by atoms with Crippen molar-refractivity contribution < 1.29 is 14.3 Å². The Morgan fingerprint density at radius 2 is 1.74 bits per heavy atom. The quantitative estimate of drug-likeness (QED) is 0.204. The maximum Gasteiger partial charge on any atom is 0.361 e. The van der Waals surface area contributed by atoms with Crippen LogP contribution in [-0.2, 0) is 11.3 Å². The van der Waals surface area contributed by atoms with Crippen LogP contribution in [-0.4, -0.2) is 47.8 Å². The summed E-state index contributed by atoms with van der Waals surface area (Å²) >= 11 is 8.17. The first-order valence-corrected chi connectivity index (χ1v) is 14.3. The molecule has 0 unspecified atom stereocenters. The van der Waals surface area contributed by atoms with E-state index in [1.165, 1.54) is 36.7 Å². The molecule has 0 bridgehead atoms. The van der Waals surface area contributed by atoms with Gasteiger partial charge in [0.25, 0.3) is 0 Å². The smallest absolute Gasteiger partial charge is 0.361 e. The number of halogens is 1. The van der Waals surface area contributed by atoms with E-state index in [4.69, 9.17) is 21.1 Å². The van der Waals surface area contributed by atoms with Crippen LogP contribution in [0.1, 0.15) is 42.2 Å². The van der Waals surface area contributed by atoms with Crippen LogP contribution in [0.3, 0.4) is 0 Å². The number of nitrogens with zero attached hydrogens (tertiary/aromatic N) is 4. The fourth-order valence-corrected chi connectivity index (χ4v) is 5.97. The van der Waals surface area contributed by atoms with Gasteiger partial charge in [-0.05, 0) is 73.7 Å². The molecule has 0 radical (unpaired) electrons. The fourth-order valence-electron chi connectivity index (χ4n) is 4.65. The average molecular weight is 563 g/mol. The molecule has 4 aromatic rings. The Kier molecular flexibility index (Phi) is 8.74. The number of aromatic nitrogens is 3. The second kappa shape index (κ2) is 12.6. The molecule has 0 aliphatic carbocycles. The van der Waals surface area contributed by atoms with Gasteiger partial charge in [0.15, 0.2) is 0 Å². The monoisotopic (exact) mass is 562 g/mol. The summed E-state index contributed by atoms with van der Waals surface area (Å²) in [5.74, 6) is 0.271. The molecule has 5 rings (SSSR count). The van der Waals surface area contributed by atoms with Crippen LogP contribution < -0.4 is 9.64 Å². The number of hydrogen-bond acceptors (Lipinski definition) is 7. The highest BCUT2D eigenvalue weighted by Gasteiger charge is 2.23. The van der Waals surface area contributed by atoms with Gasteiger partial charge in [0.1, 0.15) is 10.8 Å². The zero-order valence-corrected chi connectivity index (χ0v) is 23.7. The first-order valence-electron chi connectivity index (χ1n) is 13.1. The van der Waals surface area contributed by atoms with Gasteiger partial charge in [-0.1, -0.05) is 58.9 Å². The zero-order valence-electron chi connectivity index (χ0n) is 22.1. The second-order valence-corrected chi connectivity index (χ2v) is 10.8. The van der Waals surface area contributed by atoms with E-state index in [0.717, 1.165) is 40.4 Å². The van der Waals surface area contributed by atoms with Gasteiger partial charge < -0.3 is 14.4 Å². The van der Waals surface area contributed by atoms with Crippen molar-refractivity contribution in [2.45, 2.75) is 42.7 Å². The highest BCUT2D eigenvalue weighted by atomic mass is 35.5. The molecule has 39 heavy (non-hydrogen) atoms. The molecule has 0 saturated carbocycles. The number of anilines is 1. The molecule has 9 heteroatoms. The van der Waals surface area contributed by atoms with Gasteiger partial charge in [0.2, 0.25) is 5.69 Å². The molecule has 1 aliphatic heterocycles. The highest BCUT2D eigenvalue weighted by Crippen LogP contribution is 2.37. The molecule has 1 aliphatic rings. The fraction of sp³-hybridized carbons (Fsp3) is 0.300. The molecule has 2 heterocycles. The molecule has 3 aromatic carbocycles. The van der Waals surface area contributed by atoms with E-state index in [1.807, 2.05) is 42.5 Å². The van der Waals surface area contributed by atoms with E-state index in [1.54, 1.807) is 18.7 Å². The van der Waals surface area contributed by atoms with Crippen molar-refractivity contribution in [1.29, 1.82) is 0 Å². The summed E-state index contributed by atoms with van der Waals surface area (Å²) in [5.41, 5.74) is 4.46. The van der Waals surface area contributed by atoms with Gasteiger partial charge in [0.05, 0.1) is 20.3 Å². The van der Waals surface area contributed by atoms with Gasteiger partial charge in [-0.3, -0.25) is 0 Å². The minimum Gasteiger partial charge on any atom is -0.497 e. The third kappa shape index (κ3) is 6.40. The van der Waals surface area contributed by atoms with Crippen molar-refractivity contribution in [3.05, 3.63) is 83.0 Å². The van der Waals surface area contributed by atoms with Crippen molar-refractivity contribution >= 4 is 35.0 Å². The van der Waals surface area contributed by atoms with E-state index in [2.05, 4.69) is 39.5 Å². The van der Waals surface area contributed by atoms with Crippen molar-refractivity contribution in [1.82, 2.24) is 15.0 Å². The first kappa shape index (κ1) is 27.1. The summed E-state index contributed by atoms with van der Waals surface area (Å²) in [7, 11) is 1.63. The Morgan fingerprint density at radius 3 is 2.41 bits per heavy atom. The van der Waals surface area contributed by atoms with Gasteiger partial charge in [-0.25, -0.2) is 9.48 Å². The Bertz CT molecular complexity index is 1420.